The molecule has 4 nitrogen and oxygen atoms in total. The maximum Gasteiger partial charge on any atom is 0.310 e. The molecular formula is C13H25NO3. The molecule has 17 heavy (non-hydrogen) atoms. The molecule has 0 radical (unpaired) electrons. The summed E-state index contributed by atoms with van der Waals surface area (Å²) in [7, 11) is 0. The third-order valence-corrected chi connectivity index (χ3v) is 3.43. The minimum absolute atomic E-state index is 0.206. The van der Waals surface area contributed by atoms with Gasteiger partial charge >= 0.3 is 5.97 Å². The van der Waals surface area contributed by atoms with Crippen molar-refractivity contribution in [1.29, 1.82) is 0 Å². The second-order valence-corrected chi connectivity index (χ2v) is 5.39. The van der Waals surface area contributed by atoms with Crippen LogP contribution >= 0.6 is 0 Å². The van der Waals surface area contributed by atoms with Crippen molar-refractivity contribution in [1.82, 2.24) is 4.90 Å². The van der Waals surface area contributed by atoms with Gasteiger partial charge in [-0.15, -0.1) is 0 Å². The van der Waals surface area contributed by atoms with E-state index in [0.717, 1.165) is 39.0 Å². The van der Waals surface area contributed by atoms with Crippen molar-refractivity contribution in [3.63, 3.8) is 0 Å². The zero-order valence-corrected chi connectivity index (χ0v) is 11.2. The molecule has 1 fully saturated rings. The van der Waals surface area contributed by atoms with E-state index in [9.17, 15) is 9.90 Å². The van der Waals surface area contributed by atoms with Crippen molar-refractivity contribution in [2.75, 3.05) is 26.2 Å². The average Bonchev–Trinajstić information content (AvgIpc) is 2.42. The minimum atomic E-state index is -0.683. The van der Waals surface area contributed by atoms with E-state index >= 15 is 0 Å². The van der Waals surface area contributed by atoms with Crippen LogP contribution in [0, 0.1) is 5.41 Å². The van der Waals surface area contributed by atoms with E-state index in [0.29, 0.717) is 6.54 Å². The molecule has 2 unspecified atom stereocenters. The Balaban J connectivity index is 2.62. The van der Waals surface area contributed by atoms with Gasteiger partial charge in [0.1, 0.15) is 0 Å². The lowest BCUT2D eigenvalue weighted by Crippen LogP contribution is -2.43. The van der Waals surface area contributed by atoms with Crippen LogP contribution in [0.5, 0.6) is 0 Å². The molecule has 1 aliphatic heterocycles. The smallest absolute Gasteiger partial charge is 0.310 e. The van der Waals surface area contributed by atoms with E-state index in [4.69, 9.17) is 4.74 Å². The Labute approximate surface area is 104 Å². The Morgan fingerprint density at radius 3 is 2.88 bits per heavy atom. The molecule has 0 aromatic carbocycles. The number of ether oxygens (including phenoxy) is 1. The molecule has 1 heterocycles. The lowest BCUT2D eigenvalue weighted by Gasteiger charge is -2.32. The van der Waals surface area contributed by atoms with Crippen molar-refractivity contribution in [3.05, 3.63) is 0 Å². The summed E-state index contributed by atoms with van der Waals surface area (Å²) in [5, 5.41) is 9.37. The first-order chi connectivity index (χ1) is 7.98. The van der Waals surface area contributed by atoms with E-state index in [-0.39, 0.29) is 6.10 Å². The van der Waals surface area contributed by atoms with Gasteiger partial charge in [0.15, 0.2) is 0 Å². The normalized spacial score (nSPS) is 26.2. The highest BCUT2D eigenvalue weighted by Gasteiger charge is 2.34. The Kier molecular flexibility index (Phi) is 5.40. The first kappa shape index (κ1) is 14.5. The highest BCUT2D eigenvalue weighted by Crippen LogP contribution is 2.26. The van der Waals surface area contributed by atoms with Crippen molar-refractivity contribution < 1.29 is 14.6 Å². The molecule has 2 atom stereocenters. The summed E-state index contributed by atoms with van der Waals surface area (Å²) in [6, 6.07) is 0. The van der Waals surface area contributed by atoms with Gasteiger partial charge in [-0.25, -0.2) is 0 Å². The fourth-order valence-corrected chi connectivity index (χ4v) is 2.52. The summed E-state index contributed by atoms with van der Waals surface area (Å²) >= 11 is 0. The van der Waals surface area contributed by atoms with Gasteiger partial charge in [0.05, 0.1) is 11.5 Å². The number of aliphatic carboxylic acids is 1. The van der Waals surface area contributed by atoms with Crippen molar-refractivity contribution in [3.8, 4) is 0 Å². The van der Waals surface area contributed by atoms with Gasteiger partial charge in [-0.1, -0.05) is 13.3 Å². The summed E-state index contributed by atoms with van der Waals surface area (Å²) < 4.78 is 5.58. The van der Waals surface area contributed by atoms with Gasteiger partial charge in [-0.3, -0.25) is 9.69 Å². The van der Waals surface area contributed by atoms with E-state index < -0.39 is 11.4 Å². The monoisotopic (exact) mass is 243 g/mol. The van der Waals surface area contributed by atoms with Crippen molar-refractivity contribution in [2.24, 2.45) is 5.41 Å². The lowest BCUT2D eigenvalue weighted by molar-refractivity contribution is -0.149. The van der Waals surface area contributed by atoms with E-state index in [1.807, 2.05) is 13.8 Å². The summed E-state index contributed by atoms with van der Waals surface area (Å²) in [6.45, 7) is 9.14. The van der Waals surface area contributed by atoms with Crippen LogP contribution in [0.15, 0.2) is 0 Å². The maximum absolute atomic E-state index is 11.4. The van der Waals surface area contributed by atoms with Gasteiger partial charge in [0.2, 0.25) is 0 Å². The number of carboxylic acids is 1. The number of nitrogens with zero attached hydrogens (tertiary/aromatic N) is 1. The third kappa shape index (κ3) is 4.28. The molecule has 4 heteroatoms. The topological polar surface area (TPSA) is 49.8 Å². The highest BCUT2D eigenvalue weighted by molar-refractivity contribution is 5.74. The lowest BCUT2D eigenvalue weighted by atomic mass is 9.85. The van der Waals surface area contributed by atoms with Gasteiger partial charge in [-0.05, 0) is 26.7 Å². The zero-order valence-electron chi connectivity index (χ0n) is 11.2. The van der Waals surface area contributed by atoms with E-state index in [2.05, 4.69) is 11.8 Å². The zero-order chi connectivity index (χ0) is 12.9. The molecule has 0 saturated carbocycles. The highest BCUT2D eigenvalue weighted by atomic mass is 16.5. The minimum Gasteiger partial charge on any atom is -0.481 e. The Morgan fingerprint density at radius 1 is 1.59 bits per heavy atom. The second-order valence-electron chi connectivity index (χ2n) is 5.39. The Morgan fingerprint density at radius 2 is 2.29 bits per heavy atom. The van der Waals surface area contributed by atoms with Gasteiger partial charge in [-0.2, -0.15) is 0 Å². The Bertz CT molecular complexity index is 257. The molecule has 100 valence electrons. The van der Waals surface area contributed by atoms with E-state index in [1.165, 1.54) is 0 Å². The molecule has 0 bridgehead atoms. The number of hydrogen-bond acceptors (Lipinski definition) is 3. The number of carboxylic acid groups (broad SMARTS) is 1. The quantitative estimate of drug-likeness (QED) is 0.802. The first-order valence-electron chi connectivity index (χ1n) is 6.55. The molecule has 1 rings (SSSR count). The van der Waals surface area contributed by atoms with Crippen LogP contribution in [0.1, 0.15) is 40.0 Å². The summed E-state index contributed by atoms with van der Waals surface area (Å²) in [6.07, 6.45) is 2.83. The Hall–Kier alpha value is -0.610. The number of rotatable bonds is 5. The molecular weight excluding hydrogens is 218 g/mol. The summed E-state index contributed by atoms with van der Waals surface area (Å²) in [5.74, 6) is -0.683. The van der Waals surface area contributed by atoms with Gasteiger partial charge in [0, 0.05) is 26.2 Å². The average molecular weight is 243 g/mol. The fourth-order valence-electron chi connectivity index (χ4n) is 2.52. The van der Waals surface area contributed by atoms with Gasteiger partial charge in [0.25, 0.3) is 0 Å². The molecule has 0 aromatic heterocycles. The standard InChI is InChI=1S/C13H25NO3/c1-4-6-13(3,12(15)16)10-14-7-5-8-17-11(2)9-14/h11H,4-10H2,1-3H3,(H,15,16). The predicted molar refractivity (Wildman–Crippen MR) is 67.1 cm³/mol. The molecule has 1 aliphatic rings. The predicted octanol–water partition coefficient (Wildman–Crippen LogP) is 1.99. The molecule has 0 amide bonds. The molecule has 1 N–H and O–H groups in total. The van der Waals surface area contributed by atoms with Crippen LogP contribution < -0.4 is 0 Å². The fraction of sp³-hybridized carbons (Fsp3) is 0.923. The first-order valence-corrected chi connectivity index (χ1v) is 6.55. The maximum atomic E-state index is 11.4. The van der Waals surface area contributed by atoms with Gasteiger partial charge < -0.3 is 9.84 Å². The third-order valence-electron chi connectivity index (χ3n) is 3.43. The van der Waals surface area contributed by atoms with Crippen LogP contribution in [0.4, 0.5) is 0 Å². The largest absolute Gasteiger partial charge is 0.481 e. The van der Waals surface area contributed by atoms with Crippen LogP contribution in [-0.2, 0) is 9.53 Å². The summed E-state index contributed by atoms with van der Waals surface area (Å²) in [5.41, 5.74) is -0.626. The molecule has 0 spiro atoms. The number of carbonyl (C=O) groups is 1. The van der Waals surface area contributed by atoms with Crippen LogP contribution in [0.3, 0.4) is 0 Å². The van der Waals surface area contributed by atoms with Crippen LogP contribution in [0.25, 0.3) is 0 Å². The van der Waals surface area contributed by atoms with Crippen LogP contribution in [0.2, 0.25) is 0 Å². The van der Waals surface area contributed by atoms with Crippen molar-refractivity contribution >= 4 is 5.97 Å². The second kappa shape index (κ2) is 6.36. The molecule has 0 aromatic rings. The summed E-state index contributed by atoms with van der Waals surface area (Å²) in [4.78, 5) is 13.6. The van der Waals surface area contributed by atoms with Crippen molar-refractivity contribution in [2.45, 2.75) is 46.1 Å². The number of hydrogen-bond donors (Lipinski definition) is 1. The van der Waals surface area contributed by atoms with E-state index in [1.54, 1.807) is 0 Å². The van der Waals surface area contributed by atoms with Crippen LogP contribution in [-0.4, -0.2) is 48.3 Å². The molecule has 0 aliphatic carbocycles. The SMILES string of the molecule is CCCC(C)(CN1CCCOC(C)C1)C(=O)O. The molecule has 1 saturated heterocycles.